The first-order valence-electron chi connectivity index (χ1n) is 3.31. The van der Waals surface area contributed by atoms with Crippen LogP contribution in [0.1, 0.15) is 13.8 Å². The number of rotatable bonds is 0. The van der Waals surface area contributed by atoms with Crippen molar-refractivity contribution in [3.63, 3.8) is 0 Å². The molecule has 3 atom stereocenters. The van der Waals surface area contributed by atoms with E-state index in [1.165, 1.54) is 0 Å². The predicted molar refractivity (Wildman–Crippen MR) is 38.0 cm³/mol. The summed E-state index contributed by atoms with van der Waals surface area (Å²) in [5.74, 6) is 0.708. The molecule has 0 aromatic heterocycles. The van der Waals surface area contributed by atoms with E-state index in [-0.39, 0.29) is 0 Å². The van der Waals surface area contributed by atoms with Crippen LogP contribution in [0.4, 0.5) is 0 Å². The average molecular weight is 122 g/mol. The lowest BCUT2D eigenvalue weighted by molar-refractivity contribution is 0.716. The van der Waals surface area contributed by atoms with Crippen LogP contribution >= 0.6 is 0 Å². The Bertz CT molecular complexity index is 195. The molecule has 48 valence electrons. The Labute approximate surface area is 54.7 Å². The molecule has 2 nitrogen and oxygen atoms in total. The Balaban J connectivity index is 2.33. The van der Waals surface area contributed by atoms with Gasteiger partial charge in [-0.05, 0) is 5.92 Å². The highest BCUT2D eigenvalue weighted by Gasteiger charge is 2.58. The van der Waals surface area contributed by atoms with Crippen molar-refractivity contribution in [3.8, 4) is 0 Å². The molecular formula is C7H10N2. The van der Waals surface area contributed by atoms with Crippen LogP contribution in [0, 0.1) is 11.3 Å². The van der Waals surface area contributed by atoms with Crippen molar-refractivity contribution >= 4 is 12.6 Å². The summed E-state index contributed by atoms with van der Waals surface area (Å²) in [6.07, 6.45) is 3.69. The van der Waals surface area contributed by atoms with E-state index in [2.05, 4.69) is 23.8 Å². The van der Waals surface area contributed by atoms with Crippen LogP contribution in [0.5, 0.6) is 0 Å². The number of aliphatic imine (C=N–C) groups is 2. The van der Waals surface area contributed by atoms with Crippen LogP contribution in [0.15, 0.2) is 9.98 Å². The normalized spacial score (nSPS) is 53.1. The summed E-state index contributed by atoms with van der Waals surface area (Å²) in [5, 5.41) is 0. The lowest BCUT2D eigenvalue weighted by atomic mass is 10.1. The maximum atomic E-state index is 4.23. The number of fused-ring (bicyclic) bond motifs is 1. The van der Waals surface area contributed by atoms with Gasteiger partial charge in [-0.1, -0.05) is 13.8 Å². The van der Waals surface area contributed by atoms with Crippen LogP contribution in [-0.4, -0.2) is 18.6 Å². The third-order valence-corrected chi connectivity index (χ3v) is 2.63. The van der Waals surface area contributed by atoms with E-state index in [1.54, 1.807) is 6.34 Å². The highest BCUT2D eigenvalue weighted by molar-refractivity contribution is 5.83. The van der Waals surface area contributed by atoms with Gasteiger partial charge in [0.15, 0.2) is 0 Å². The van der Waals surface area contributed by atoms with Gasteiger partial charge in [-0.2, -0.15) is 0 Å². The maximum Gasteiger partial charge on any atom is 0.109 e. The van der Waals surface area contributed by atoms with Crippen LogP contribution in [0.2, 0.25) is 0 Å². The van der Waals surface area contributed by atoms with Crippen LogP contribution in [-0.2, 0) is 0 Å². The zero-order valence-corrected chi connectivity index (χ0v) is 5.70. The number of nitrogens with zero attached hydrogens (tertiary/aromatic N) is 2. The molecule has 2 heteroatoms. The fourth-order valence-corrected chi connectivity index (χ4v) is 1.51. The molecule has 2 unspecified atom stereocenters. The summed E-state index contributed by atoms with van der Waals surface area (Å²) in [6, 6.07) is 0.537. The molecule has 1 aliphatic carbocycles. The van der Waals surface area contributed by atoms with Gasteiger partial charge in [0.2, 0.25) is 0 Å². The summed E-state index contributed by atoms with van der Waals surface area (Å²) < 4.78 is 0. The van der Waals surface area contributed by atoms with E-state index in [0.717, 1.165) is 0 Å². The van der Waals surface area contributed by atoms with Gasteiger partial charge in [-0.25, -0.2) is 4.99 Å². The van der Waals surface area contributed by atoms with Crippen molar-refractivity contribution in [2.75, 3.05) is 0 Å². The van der Waals surface area contributed by atoms with Crippen LogP contribution in [0.3, 0.4) is 0 Å². The Morgan fingerprint density at radius 3 is 2.78 bits per heavy atom. The van der Waals surface area contributed by atoms with Crippen LogP contribution < -0.4 is 0 Å². The Hall–Kier alpha value is -0.660. The first-order valence-corrected chi connectivity index (χ1v) is 3.31. The van der Waals surface area contributed by atoms with Crippen molar-refractivity contribution < 1.29 is 0 Å². The average Bonchev–Trinajstić information content (AvgIpc) is 2.38. The summed E-state index contributed by atoms with van der Waals surface area (Å²) in [4.78, 5) is 8.24. The number of hydrogen-bond acceptors (Lipinski definition) is 2. The van der Waals surface area contributed by atoms with Gasteiger partial charge >= 0.3 is 0 Å². The lowest BCUT2D eigenvalue weighted by Crippen LogP contribution is -2.05. The molecule has 0 amide bonds. The molecule has 0 aromatic rings. The Morgan fingerprint density at radius 1 is 1.56 bits per heavy atom. The lowest BCUT2D eigenvalue weighted by Gasteiger charge is -2.01. The number of hydrogen-bond donors (Lipinski definition) is 0. The molecule has 0 aromatic carbocycles. The van der Waals surface area contributed by atoms with Gasteiger partial charge in [0.25, 0.3) is 0 Å². The van der Waals surface area contributed by atoms with E-state index < -0.39 is 0 Å². The summed E-state index contributed by atoms with van der Waals surface area (Å²) in [6.45, 7) is 4.43. The molecule has 0 spiro atoms. The smallest absolute Gasteiger partial charge is 0.109 e. The predicted octanol–water partition coefficient (Wildman–Crippen LogP) is 1.12. The van der Waals surface area contributed by atoms with Crippen LogP contribution in [0.25, 0.3) is 0 Å². The van der Waals surface area contributed by atoms with Gasteiger partial charge in [0.05, 0.1) is 6.04 Å². The standard InChI is InChI=1S/C7H10N2/c1-5-6-7(5,2)3-8-4-9-6/h3-6H,1-2H3/t5?,6?,7-/m0/s1. The maximum absolute atomic E-state index is 4.23. The van der Waals surface area contributed by atoms with Gasteiger partial charge < -0.3 is 0 Å². The molecule has 0 bridgehead atoms. The minimum atomic E-state index is 0.314. The quantitative estimate of drug-likeness (QED) is 0.460. The molecular weight excluding hydrogens is 112 g/mol. The summed E-state index contributed by atoms with van der Waals surface area (Å²) in [7, 11) is 0. The van der Waals surface area contributed by atoms with Gasteiger partial charge in [0, 0.05) is 11.6 Å². The molecule has 0 radical (unpaired) electrons. The van der Waals surface area contributed by atoms with E-state index in [9.17, 15) is 0 Å². The molecule has 2 aliphatic rings. The third kappa shape index (κ3) is 0.460. The molecule has 9 heavy (non-hydrogen) atoms. The van der Waals surface area contributed by atoms with Gasteiger partial charge in [0.1, 0.15) is 6.34 Å². The second-order valence-electron chi connectivity index (χ2n) is 3.14. The molecule has 1 aliphatic heterocycles. The van der Waals surface area contributed by atoms with Gasteiger partial charge in [-0.15, -0.1) is 0 Å². The van der Waals surface area contributed by atoms with Gasteiger partial charge in [-0.3, -0.25) is 4.99 Å². The second kappa shape index (κ2) is 1.25. The molecule has 1 saturated carbocycles. The van der Waals surface area contributed by atoms with Crippen molar-refractivity contribution in [1.82, 2.24) is 0 Å². The summed E-state index contributed by atoms with van der Waals surface area (Å²) in [5.41, 5.74) is 0.314. The Morgan fingerprint density at radius 2 is 2.33 bits per heavy atom. The highest BCUT2D eigenvalue weighted by Crippen LogP contribution is 2.53. The first-order chi connectivity index (χ1) is 4.25. The van der Waals surface area contributed by atoms with E-state index in [0.29, 0.717) is 17.4 Å². The van der Waals surface area contributed by atoms with Crippen molar-refractivity contribution in [3.05, 3.63) is 0 Å². The van der Waals surface area contributed by atoms with E-state index in [4.69, 9.17) is 0 Å². The molecule has 0 saturated heterocycles. The monoisotopic (exact) mass is 122 g/mol. The minimum Gasteiger partial charge on any atom is -0.269 e. The largest absolute Gasteiger partial charge is 0.269 e. The van der Waals surface area contributed by atoms with E-state index >= 15 is 0 Å². The third-order valence-electron chi connectivity index (χ3n) is 2.63. The SMILES string of the molecule is CC1C2N=CN=C[C@@]12C. The fourth-order valence-electron chi connectivity index (χ4n) is 1.51. The van der Waals surface area contributed by atoms with Crippen molar-refractivity contribution in [1.29, 1.82) is 0 Å². The molecule has 0 N–H and O–H groups in total. The molecule has 2 rings (SSSR count). The minimum absolute atomic E-state index is 0.314. The Kier molecular flexibility index (Phi) is 0.718. The van der Waals surface area contributed by atoms with E-state index in [1.807, 2.05) is 6.21 Å². The molecule has 1 heterocycles. The first kappa shape index (κ1) is 5.15. The molecule has 1 fully saturated rings. The van der Waals surface area contributed by atoms with Crippen molar-refractivity contribution in [2.45, 2.75) is 19.9 Å². The zero-order valence-electron chi connectivity index (χ0n) is 5.70. The topological polar surface area (TPSA) is 24.7 Å². The zero-order chi connectivity index (χ0) is 6.48. The fraction of sp³-hybridized carbons (Fsp3) is 0.714. The highest BCUT2D eigenvalue weighted by atomic mass is 15.0. The second-order valence-corrected chi connectivity index (χ2v) is 3.14. The van der Waals surface area contributed by atoms with Crippen molar-refractivity contribution in [2.24, 2.45) is 21.3 Å². The summed E-state index contributed by atoms with van der Waals surface area (Å²) >= 11 is 0.